The minimum absolute atomic E-state index is 0. The molecule has 8 nitrogen and oxygen atoms in total. The van der Waals surface area contributed by atoms with E-state index >= 15 is 0 Å². The highest BCUT2D eigenvalue weighted by Crippen LogP contribution is 2.19. The number of aliphatic hydroxyl groups is 1. The smallest absolute Gasteiger partial charge is 0.191 e. The largest absolute Gasteiger partial charge is 0.491 e. The second-order valence-electron chi connectivity index (χ2n) is 8.14. The van der Waals surface area contributed by atoms with Gasteiger partial charge in [0, 0.05) is 32.5 Å². The first kappa shape index (κ1) is 26.4. The van der Waals surface area contributed by atoms with Crippen molar-refractivity contribution in [1.82, 2.24) is 25.4 Å². The van der Waals surface area contributed by atoms with Crippen molar-refractivity contribution in [2.24, 2.45) is 4.99 Å². The van der Waals surface area contributed by atoms with Crippen molar-refractivity contribution in [3.63, 3.8) is 0 Å². The Morgan fingerprint density at radius 3 is 2.66 bits per heavy atom. The molecule has 0 bridgehead atoms. The van der Waals surface area contributed by atoms with Crippen molar-refractivity contribution >= 4 is 29.9 Å². The zero-order chi connectivity index (χ0) is 22.1. The van der Waals surface area contributed by atoms with Gasteiger partial charge in [0.2, 0.25) is 0 Å². The van der Waals surface area contributed by atoms with Gasteiger partial charge in [0.1, 0.15) is 17.4 Å². The van der Waals surface area contributed by atoms with Crippen LogP contribution in [-0.2, 0) is 19.4 Å². The second kappa shape index (κ2) is 13.6. The molecule has 1 atom stereocenters. The number of rotatable bonds is 9. The number of aromatic nitrogens is 3. The van der Waals surface area contributed by atoms with Crippen molar-refractivity contribution in [2.75, 3.05) is 19.6 Å². The van der Waals surface area contributed by atoms with Crippen LogP contribution in [0.1, 0.15) is 63.3 Å². The number of nitrogens with zero attached hydrogens (tertiary/aromatic N) is 4. The van der Waals surface area contributed by atoms with Crippen molar-refractivity contribution in [3.8, 4) is 5.75 Å². The lowest BCUT2D eigenvalue weighted by Gasteiger charge is -2.14. The zero-order valence-corrected chi connectivity index (χ0v) is 21.7. The maximum absolute atomic E-state index is 10.5. The molecule has 178 valence electrons. The summed E-state index contributed by atoms with van der Waals surface area (Å²) in [4.78, 5) is 4.55. The quantitative estimate of drug-likeness (QED) is 0.250. The monoisotopic (exact) mass is 556 g/mol. The first-order chi connectivity index (χ1) is 15.1. The van der Waals surface area contributed by atoms with Gasteiger partial charge >= 0.3 is 0 Å². The number of ether oxygens (including phenoxy) is 1. The highest BCUT2D eigenvalue weighted by atomic mass is 127. The van der Waals surface area contributed by atoms with Gasteiger partial charge in [0.05, 0.1) is 18.8 Å². The summed E-state index contributed by atoms with van der Waals surface area (Å²) in [7, 11) is 0. The van der Waals surface area contributed by atoms with Crippen LogP contribution in [0.5, 0.6) is 5.75 Å². The van der Waals surface area contributed by atoms with Crippen LogP contribution >= 0.6 is 24.0 Å². The second-order valence-corrected chi connectivity index (χ2v) is 8.14. The third kappa shape index (κ3) is 7.91. The summed E-state index contributed by atoms with van der Waals surface area (Å²) >= 11 is 0. The predicted octanol–water partition coefficient (Wildman–Crippen LogP) is 3.24. The third-order valence-electron chi connectivity index (χ3n) is 5.23. The van der Waals surface area contributed by atoms with Gasteiger partial charge in [-0.25, -0.2) is 0 Å². The van der Waals surface area contributed by atoms with Gasteiger partial charge < -0.3 is 25.0 Å². The van der Waals surface area contributed by atoms with Crippen molar-refractivity contribution in [3.05, 3.63) is 41.5 Å². The summed E-state index contributed by atoms with van der Waals surface area (Å²) in [6, 6.07) is 7.53. The zero-order valence-electron chi connectivity index (χ0n) is 19.4. The molecule has 0 radical (unpaired) electrons. The maximum atomic E-state index is 10.5. The molecule has 1 unspecified atom stereocenters. The lowest BCUT2D eigenvalue weighted by Crippen LogP contribution is -2.38. The topological polar surface area (TPSA) is 96.6 Å². The van der Waals surface area contributed by atoms with Crippen LogP contribution < -0.4 is 15.4 Å². The first-order valence-corrected chi connectivity index (χ1v) is 11.4. The van der Waals surface area contributed by atoms with Crippen LogP contribution in [0.15, 0.2) is 29.3 Å². The molecular formula is C23H37IN6O2. The van der Waals surface area contributed by atoms with E-state index in [1.54, 1.807) is 0 Å². The number of benzene rings is 1. The van der Waals surface area contributed by atoms with Crippen molar-refractivity contribution in [2.45, 2.75) is 71.6 Å². The molecule has 3 N–H and O–H groups in total. The van der Waals surface area contributed by atoms with Gasteiger partial charge in [-0.15, -0.1) is 34.2 Å². The number of guanidine groups is 1. The van der Waals surface area contributed by atoms with E-state index in [1.807, 2.05) is 45.0 Å². The highest BCUT2D eigenvalue weighted by molar-refractivity contribution is 14.0. The number of aliphatic imine (C=N–C) groups is 1. The highest BCUT2D eigenvalue weighted by Gasteiger charge is 2.14. The van der Waals surface area contributed by atoms with Crippen molar-refractivity contribution < 1.29 is 9.84 Å². The van der Waals surface area contributed by atoms with Gasteiger partial charge in [0.15, 0.2) is 5.96 Å². The molecule has 1 aromatic carbocycles. The summed E-state index contributed by atoms with van der Waals surface area (Å²) in [6.07, 6.45) is 4.91. The molecular weight excluding hydrogens is 519 g/mol. The summed E-state index contributed by atoms with van der Waals surface area (Å²) in [5, 5.41) is 25.8. The number of hydrogen-bond acceptors (Lipinski definition) is 5. The summed E-state index contributed by atoms with van der Waals surface area (Å²) in [5.74, 6) is 3.64. The standard InChI is InChI=1S/C23H36N6O2.HI/c1-4-24-23(25-14-13-22-28-27-21-8-6-5-7-15-29(21)22)26-16-20(30)18-9-11-19(12-10-18)31-17(2)3;/h9-12,17,20,30H,4-8,13-16H2,1-3H3,(H2,24,25,26);1H. The first-order valence-electron chi connectivity index (χ1n) is 11.4. The molecule has 0 saturated heterocycles. The molecule has 0 amide bonds. The SMILES string of the molecule is CCNC(=NCC(O)c1ccc(OC(C)C)cc1)NCCc1nnc2n1CCCCC2.I. The molecule has 1 aromatic heterocycles. The van der Waals surface area contributed by atoms with Crippen molar-refractivity contribution in [1.29, 1.82) is 0 Å². The van der Waals surface area contributed by atoms with Crippen LogP contribution in [0, 0.1) is 0 Å². The van der Waals surface area contributed by atoms with Gasteiger partial charge in [0.25, 0.3) is 0 Å². The summed E-state index contributed by atoms with van der Waals surface area (Å²) in [5.41, 5.74) is 0.821. The fourth-order valence-electron chi connectivity index (χ4n) is 3.69. The van der Waals surface area contributed by atoms with Crippen LogP contribution in [0.4, 0.5) is 0 Å². The average Bonchev–Trinajstić information content (AvgIpc) is 2.98. The Hall–Kier alpha value is -1.88. The molecule has 1 aliphatic rings. The fraction of sp³-hybridized carbons (Fsp3) is 0.609. The van der Waals surface area contributed by atoms with E-state index in [0.29, 0.717) is 12.5 Å². The Labute approximate surface area is 208 Å². The molecule has 9 heteroatoms. The molecule has 1 aliphatic heterocycles. The predicted molar refractivity (Wildman–Crippen MR) is 138 cm³/mol. The van der Waals surface area contributed by atoms with Crippen LogP contribution in [0.2, 0.25) is 0 Å². The van der Waals surface area contributed by atoms with Gasteiger partial charge in [-0.2, -0.15) is 0 Å². The molecule has 0 saturated carbocycles. The number of nitrogens with one attached hydrogen (secondary N) is 2. The van der Waals surface area contributed by atoms with E-state index in [-0.39, 0.29) is 36.6 Å². The Kier molecular flexibility index (Phi) is 11.2. The molecule has 0 aliphatic carbocycles. The molecule has 2 heterocycles. The number of aliphatic hydroxyl groups excluding tert-OH is 1. The lowest BCUT2D eigenvalue weighted by molar-refractivity contribution is 0.186. The molecule has 0 fully saturated rings. The summed E-state index contributed by atoms with van der Waals surface area (Å²) in [6.45, 7) is 8.77. The number of halogens is 1. The van der Waals surface area contributed by atoms with E-state index in [4.69, 9.17) is 4.74 Å². The lowest BCUT2D eigenvalue weighted by atomic mass is 10.1. The Morgan fingerprint density at radius 2 is 1.94 bits per heavy atom. The fourth-order valence-corrected chi connectivity index (χ4v) is 3.69. The van der Waals surface area contributed by atoms with Gasteiger partial charge in [-0.3, -0.25) is 4.99 Å². The van der Waals surface area contributed by atoms with E-state index in [0.717, 1.165) is 48.9 Å². The number of fused-ring (bicyclic) bond motifs is 1. The minimum Gasteiger partial charge on any atom is -0.491 e. The Balaban J connectivity index is 0.00000363. The minimum atomic E-state index is -0.671. The number of hydrogen-bond donors (Lipinski definition) is 3. The Morgan fingerprint density at radius 1 is 1.16 bits per heavy atom. The maximum Gasteiger partial charge on any atom is 0.191 e. The normalized spacial score (nSPS) is 14.8. The van der Waals surface area contributed by atoms with E-state index < -0.39 is 6.10 Å². The number of aryl methyl sites for hydroxylation is 1. The summed E-state index contributed by atoms with van der Waals surface area (Å²) < 4.78 is 7.93. The third-order valence-corrected chi connectivity index (χ3v) is 5.23. The Bertz CT molecular complexity index is 838. The van der Waals surface area contributed by atoms with E-state index in [2.05, 4.69) is 30.4 Å². The molecule has 0 spiro atoms. The van der Waals surface area contributed by atoms with E-state index in [1.165, 1.54) is 19.3 Å². The van der Waals surface area contributed by atoms with Gasteiger partial charge in [-0.1, -0.05) is 18.6 Å². The van der Waals surface area contributed by atoms with Crippen LogP contribution in [0.3, 0.4) is 0 Å². The molecule has 2 aromatic rings. The average molecular weight is 556 g/mol. The molecule has 32 heavy (non-hydrogen) atoms. The molecule has 3 rings (SSSR count). The van der Waals surface area contributed by atoms with E-state index in [9.17, 15) is 5.11 Å². The van der Waals surface area contributed by atoms with Crippen LogP contribution in [-0.4, -0.2) is 51.6 Å². The van der Waals surface area contributed by atoms with Gasteiger partial charge in [-0.05, 0) is 51.3 Å². The van der Waals surface area contributed by atoms with Crippen LogP contribution in [0.25, 0.3) is 0 Å².